The summed E-state index contributed by atoms with van der Waals surface area (Å²) in [5, 5.41) is 16.2. The van der Waals surface area contributed by atoms with Crippen LogP contribution in [0.1, 0.15) is 15.9 Å². The molecule has 0 fully saturated rings. The van der Waals surface area contributed by atoms with Gasteiger partial charge in [-0.05, 0) is 34.1 Å². The summed E-state index contributed by atoms with van der Waals surface area (Å²) in [6.45, 7) is 0. The van der Waals surface area contributed by atoms with Gasteiger partial charge in [-0.3, -0.25) is 4.79 Å². The van der Waals surface area contributed by atoms with Crippen molar-refractivity contribution < 1.29 is 14.7 Å². The molecule has 1 aromatic heterocycles. The van der Waals surface area contributed by atoms with E-state index >= 15 is 0 Å². The average molecular weight is 370 g/mol. The average Bonchev–Trinajstić information content (AvgIpc) is 2.93. The number of methoxy groups -OCH3 is 1. The van der Waals surface area contributed by atoms with Gasteiger partial charge in [-0.15, -0.1) is 11.3 Å². The van der Waals surface area contributed by atoms with E-state index in [9.17, 15) is 4.79 Å². The molecule has 0 spiro atoms. The first-order chi connectivity index (χ1) is 10.1. The van der Waals surface area contributed by atoms with Crippen LogP contribution in [0.15, 0.2) is 38.6 Å². The number of ether oxygens (including phenoxy) is 1. The summed E-state index contributed by atoms with van der Waals surface area (Å²) in [7, 11) is 1.47. The molecule has 0 saturated heterocycles. The predicted molar refractivity (Wildman–Crippen MR) is 85.5 cm³/mol. The molecule has 4 N–H and O–H groups in total. The highest BCUT2D eigenvalue weighted by atomic mass is 79.9. The number of carbonyl (C=O) groups is 1. The van der Waals surface area contributed by atoms with Gasteiger partial charge < -0.3 is 21.0 Å². The van der Waals surface area contributed by atoms with Crippen LogP contribution in [-0.4, -0.2) is 24.1 Å². The summed E-state index contributed by atoms with van der Waals surface area (Å²) >= 11 is 4.71. The molecule has 0 saturated carbocycles. The van der Waals surface area contributed by atoms with E-state index in [1.165, 1.54) is 18.4 Å². The van der Waals surface area contributed by atoms with Crippen molar-refractivity contribution >= 4 is 44.7 Å². The number of amidine groups is 1. The summed E-state index contributed by atoms with van der Waals surface area (Å²) in [5.74, 6) is -0.00844. The van der Waals surface area contributed by atoms with Gasteiger partial charge in [0.15, 0.2) is 5.84 Å². The number of hydrogen-bond donors (Lipinski definition) is 3. The third kappa shape index (κ3) is 3.34. The van der Waals surface area contributed by atoms with Gasteiger partial charge in [0.05, 0.1) is 22.1 Å². The van der Waals surface area contributed by atoms with Crippen molar-refractivity contribution in [1.82, 2.24) is 0 Å². The van der Waals surface area contributed by atoms with Crippen LogP contribution in [-0.2, 0) is 0 Å². The third-order valence-corrected chi connectivity index (χ3v) is 4.20. The summed E-state index contributed by atoms with van der Waals surface area (Å²) in [4.78, 5) is 12.2. The number of oxime groups is 1. The van der Waals surface area contributed by atoms with E-state index in [1.54, 1.807) is 29.6 Å². The van der Waals surface area contributed by atoms with Crippen molar-refractivity contribution in [3.05, 3.63) is 44.6 Å². The van der Waals surface area contributed by atoms with Gasteiger partial charge in [0, 0.05) is 10.9 Å². The lowest BCUT2D eigenvalue weighted by Crippen LogP contribution is -2.19. The Morgan fingerprint density at radius 2 is 2.29 bits per heavy atom. The molecule has 1 amide bonds. The molecular weight excluding hydrogens is 358 g/mol. The maximum absolute atomic E-state index is 12.2. The van der Waals surface area contributed by atoms with Crippen LogP contribution in [0.25, 0.3) is 0 Å². The topological polar surface area (TPSA) is 96.9 Å². The van der Waals surface area contributed by atoms with Gasteiger partial charge in [-0.2, -0.15) is 0 Å². The Hall–Kier alpha value is -2.06. The fraction of sp³-hybridized carbons (Fsp3) is 0.0769. The van der Waals surface area contributed by atoms with Crippen LogP contribution in [0.2, 0.25) is 0 Å². The van der Waals surface area contributed by atoms with Crippen LogP contribution >= 0.6 is 27.3 Å². The van der Waals surface area contributed by atoms with E-state index in [-0.39, 0.29) is 11.7 Å². The highest BCUT2D eigenvalue weighted by Crippen LogP contribution is 2.29. The fourth-order valence-electron chi connectivity index (χ4n) is 1.71. The minimum absolute atomic E-state index is 0.115. The van der Waals surface area contributed by atoms with Crippen molar-refractivity contribution in [2.24, 2.45) is 10.9 Å². The number of nitrogens with two attached hydrogens (primary N) is 1. The summed E-state index contributed by atoms with van der Waals surface area (Å²) < 4.78 is 6.06. The zero-order valence-corrected chi connectivity index (χ0v) is 13.4. The molecule has 1 heterocycles. The Morgan fingerprint density at radius 1 is 1.52 bits per heavy atom. The number of thiophene rings is 1. The molecule has 0 aliphatic heterocycles. The molecule has 8 heteroatoms. The first kappa shape index (κ1) is 15.3. The lowest BCUT2D eigenvalue weighted by Gasteiger charge is -2.13. The van der Waals surface area contributed by atoms with E-state index in [2.05, 4.69) is 26.4 Å². The molecule has 2 aromatic rings. The Balaban J connectivity index is 2.40. The lowest BCUT2D eigenvalue weighted by molar-refractivity contribution is 0.102. The van der Waals surface area contributed by atoms with Gasteiger partial charge in [0.2, 0.25) is 0 Å². The second kappa shape index (κ2) is 6.59. The molecule has 21 heavy (non-hydrogen) atoms. The number of hydrogen-bond acceptors (Lipinski definition) is 5. The normalized spacial score (nSPS) is 11.2. The van der Waals surface area contributed by atoms with Crippen molar-refractivity contribution in [3.8, 4) is 5.75 Å². The van der Waals surface area contributed by atoms with E-state index in [4.69, 9.17) is 15.7 Å². The minimum atomic E-state index is -0.312. The van der Waals surface area contributed by atoms with Crippen LogP contribution in [0, 0.1) is 0 Å². The van der Waals surface area contributed by atoms with Crippen molar-refractivity contribution in [2.45, 2.75) is 0 Å². The molecule has 0 aliphatic carbocycles. The van der Waals surface area contributed by atoms with Gasteiger partial charge >= 0.3 is 0 Å². The lowest BCUT2D eigenvalue weighted by atomic mass is 10.1. The second-order valence-corrected chi connectivity index (χ2v) is 6.25. The second-order valence-electron chi connectivity index (χ2n) is 3.96. The van der Waals surface area contributed by atoms with Gasteiger partial charge in [0.25, 0.3) is 5.91 Å². The smallest absolute Gasteiger partial charge is 0.256 e. The van der Waals surface area contributed by atoms with Crippen LogP contribution in [0.3, 0.4) is 0 Å². The summed E-state index contributed by atoms with van der Waals surface area (Å²) in [6, 6.07) is 6.69. The maximum atomic E-state index is 12.2. The van der Waals surface area contributed by atoms with Crippen LogP contribution in [0.5, 0.6) is 5.75 Å². The van der Waals surface area contributed by atoms with Gasteiger partial charge in [-0.25, -0.2) is 0 Å². The van der Waals surface area contributed by atoms with E-state index in [1.807, 2.05) is 0 Å². The SMILES string of the molecule is COc1cccc(/C(N)=N/O)c1NC(=O)c1csc(Br)c1. The highest BCUT2D eigenvalue weighted by molar-refractivity contribution is 9.11. The zero-order chi connectivity index (χ0) is 15.4. The molecule has 0 aliphatic rings. The van der Waals surface area contributed by atoms with Crippen LogP contribution in [0.4, 0.5) is 5.69 Å². The third-order valence-electron chi connectivity index (χ3n) is 2.70. The molecular formula is C13H12BrN3O3S. The number of nitrogens with one attached hydrogen (secondary N) is 1. The van der Waals surface area contributed by atoms with Crippen molar-refractivity contribution in [2.75, 3.05) is 12.4 Å². The molecule has 1 aromatic carbocycles. The first-order valence-corrected chi connectivity index (χ1v) is 7.44. The number of anilines is 1. The summed E-state index contributed by atoms with van der Waals surface area (Å²) in [5.41, 5.74) is 6.85. The molecule has 6 nitrogen and oxygen atoms in total. The Kier molecular flexibility index (Phi) is 4.81. The van der Waals surface area contributed by atoms with Gasteiger partial charge in [-0.1, -0.05) is 11.2 Å². The van der Waals surface area contributed by atoms with E-state index in [0.717, 1.165) is 3.79 Å². The molecule has 0 bridgehead atoms. The number of benzene rings is 1. The molecule has 2 rings (SSSR count). The monoisotopic (exact) mass is 369 g/mol. The van der Waals surface area contributed by atoms with Crippen molar-refractivity contribution in [1.29, 1.82) is 0 Å². The quantitative estimate of drug-likeness (QED) is 0.334. The molecule has 110 valence electrons. The number of carbonyl (C=O) groups excluding carboxylic acids is 1. The standard InChI is InChI=1S/C13H12BrN3O3S/c1-20-9-4-2-3-8(12(15)17-19)11(9)16-13(18)7-5-10(14)21-6-7/h2-6,19H,1H3,(H2,15,17)(H,16,18). The van der Waals surface area contributed by atoms with E-state index in [0.29, 0.717) is 22.6 Å². The molecule has 0 unspecified atom stereocenters. The number of para-hydroxylation sites is 1. The number of nitrogens with zero attached hydrogens (tertiary/aromatic N) is 1. The Bertz CT molecular complexity index is 700. The first-order valence-electron chi connectivity index (χ1n) is 5.77. The number of rotatable bonds is 4. The fourth-order valence-corrected chi connectivity index (χ4v) is 2.85. The van der Waals surface area contributed by atoms with Gasteiger partial charge in [0.1, 0.15) is 5.75 Å². The Morgan fingerprint density at radius 3 is 2.86 bits per heavy atom. The Labute approximate surface area is 133 Å². The largest absolute Gasteiger partial charge is 0.495 e. The molecule has 0 radical (unpaired) electrons. The van der Waals surface area contributed by atoms with Crippen LogP contribution < -0.4 is 15.8 Å². The minimum Gasteiger partial charge on any atom is -0.495 e. The summed E-state index contributed by atoms with van der Waals surface area (Å²) in [6.07, 6.45) is 0. The van der Waals surface area contributed by atoms with E-state index < -0.39 is 0 Å². The number of amides is 1. The zero-order valence-electron chi connectivity index (χ0n) is 11.0. The molecule has 0 atom stereocenters. The highest BCUT2D eigenvalue weighted by Gasteiger charge is 2.16. The predicted octanol–water partition coefficient (Wildman–Crippen LogP) is 2.87. The maximum Gasteiger partial charge on any atom is 0.256 e. The number of halogens is 1. The van der Waals surface area contributed by atoms with Crippen molar-refractivity contribution in [3.63, 3.8) is 0 Å².